The maximum absolute atomic E-state index is 4.77. The van der Waals surface area contributed by atoms with E-state index >= 15 is 0 Å². The van der Waals surface area contributed by atoms with Gasteiger partial charge in [-0.05, 0) is 12.1 Å². The van der Waals surface area contributed by atoms with E-state index in [9.17, 15) is 0 Å². The average molecular weight is 148 g/mol. The van der Waals surface area contributed by atoms with Crippen LogP contribution < -0.4 is 5.90 Å². The van der Waals surface area contributed by atoms with Gasteiger partial charge in [0.15, 0.2) is 0 Å². The minimum absolute atomic E-state index is 0.245. The van der Waals surface area contributed by atoms with Gasteiger partial charge in [-0.2, -0.15) is 0 Å². The van der Waals surface area contributed by atoms with Crippen molar-refractivity contribution >= 4 is 0 Å². The molecule has 0 aliphatic rings. The molecule has 2 N–H and O–H groups in total. The van der Waals surface area contributed by atoms with E-state index < -0.39 is 0 Å². The lowest BCUT2D eigenvalue weighted by molar-refractivity contribution is 0.173. The van der Waals surface area contributed by atoms with Gasteiger partial charge in [0, 0.05) is 18.0 Å². The van der Waals surface area contributed by atoms with E-state index in [4.69, 9.17) is 5.90 Å². The number of hydrogen-bond acceptors (Lipinski definition) is 3. The molecule has 1 aromatic heterocycles. The molecule has 0 aromatic carbocycles. The van der Waals surface area contributed by atoms with Gasteiger partial charge >= 0.3 is 0 Å². The summed E-state index contributed by atoms with van der Waals surface area (Å²) in [6.45, 7) is 0.245. The molecule has 0 bridgehead atoms. The molecule has 0 radical (unpaired) electrons. The predicted octanol–water partition coefficient (Wildman–Crippen LogP) is 0.323. The first-order valence-electron chi connectivity index (χ1n) is 3.14. The van der Waals surface area contributed by atoms with Gasteiger partial charge in [-0.1, -0.05) is 11.8 Å². The van der Waals surface area contributed by atoms with Gasteiger partial charge in [0.1, 0.15) is 6.61 Å². The Morgan fingerprint density at radius 2 is 2.55 bits per heavy atom. The lowest BCUT2D eigenvalue weighted by atomic mass is 10.3. The van der Waals surface area contributed by atoms with Crippen molar-refractivity contribution in [3.8, 4) is 11.8 Å². The molecule has 1 rings (SSSR count). The van der Waals surface area contributed by atoms with E-state index in [1.54, 1.807) is 12.4 Å². The number of nitrogens with zero attached hydrogens (tertiary/aromatic N) is 1. The highest BCUT2D eigenvalue weighted by atomic mass is 16.6. The Balaban J connectivity index is 2.59. The fourth-order valence-corrected chi connectivity index (χ4v) is 0.617. The Morgan fingerprint density at radius 3 is 3.18 bits per heavy atom. The number of rotatable bonds is 1. The van der Waals surface area contributed by atoms with Crippen LogP contribution in [0.15, 0.2) is 24.5 Å². The minimum atomic E-state index is 0.245. The minimum Gasteiger partial charge on any atom is -0.292 e. The van der Waals surface area contributed by atoms with Crippen LogP contribution in [0.3, 0.4) is 0 Å². The second kappa shape index (κ2) is 4.45. The third kappa shape index (κ3) is 2.80. The van der Waals surface area contributed by atoms with Crippen molar-refractivity contribution in [1.82, 2.24) is 4.98 Å². The number of pyridine rings is 1. The van der Waals surface area contributed by atoms with Gasteiger partial charge < -0.3 is 0 Å². The molecule has 0 amide bonds. The monoisotopic (exact) mass is 148 g/mol. The van der Waals surface area contributed by atoms with Crippen LogP contribution in [0.4, 0.5) is 0 Å². The van der Waals surface area contributed by atoms with Crippen LogP contribution in [0.1, 0.15) is 5.56 Å². The third-order valence-corrected chi connectivity index (χ3v) is 1.05. The van der Waals surface area contributed by atoms with Gasteiger partial charge in [0.2, 0.25) is 0 Å². The van der Waals surface area contributed by atoms with Crippen LogP contribution >= 0.6 is 0 Å². The summed E-state index contributed by atoms with van der Waals surface area (Å²) in [6.07, 6.45) is 3.38. The van der Waals surface area contributed by atoms with Crippen LogP contribution in [0.2, 0.25) is 0 Å². The van der Waals surface area contributed by atoms with E-state index in [1.165, 1.54) is 0 Å². The van der Waals surface area contributed by atoms with E-state index in [0.29, 0.717) is 0 Å². The molecule has 0 unspecified atom stereocenters. The molecular formula is C8H8N2O. The Morgan fingerprint density at radius 1 is 1.64 bits per heavy atom. The Kier molecular flexibility index (Phi) is 3.13. The topological polar surface area (TPSA) is 48.1 Å². The van der Waals surface area contributed by atoms with Crippen LogP contribution in [-0.2, 0) is 4.84 Å². The molecule has 0 fully saturated rings. The van der Waals surface area contributed by atoms with E-state index in [2.05, 4.69) is 21.7 Å². The van der Waals surface area contributed by atoms with Crippen molar-refractivity contribution < 1.29 is 4.84 Å². The molecule has 1 aromatic rings. The second-order valence-electron chi connectivity index (χ2n) is 1.85. The van der Waals surface area contributed by atoms with Crippen molar-refractivity contribution in [3.05, 3.63) is 30.1 Å². The number of nitrogens with two attached hydrogens (primary N) is 1. The van der Waals surface area contributed by atoms with Crippen LogP contribution in [0, 0.1) is 11.8 Å². The Hall–Kier alpha value is -1.37. The smallest absolute Gasteiger partial charge is 0.129 e. The van der Waals surface area contributed by atoms with Gasteiger partial charge in [0.25, 0.3) is 0 Å². The maximum Gasteiger partial charge on any atom is 0.129 e. The van der Waals surface area contributed by atoms with Gasteiger partial charge in [-0.3, -0.25) is 9.82 Å². The fraction of sp³-hybridized carbons (Fsp3) is 0.125. The third-order valence-electron chi connectivity index (χ3n) is 1.05. The zero-order valence-corrected chi connectivity index (χ0v) is 5.95. The molecule has 0 saturated carbocycles. The summed E-state index contributed by atoms with van der Waals surface area (Å²) >= 11 is 0. The molecule has 1 heterocycles. The van der Waals surface area contributed by atoms with Crippen LogP contribution in [-0.4, -0.2) is 11.6 Å². The fourth-order valence-electron chi connectivity index (χ4n) is 0.617. The van der Waals surface area contributed by atoms with Gasteiger partial charge in [0.05, 0.1) is 0 Å². The number of aromatic nitrogens is 1. The Bertz CT molecular complexity index is 260. The van der Waals surface area contributed by atoms with Crippen LogP contribution in [0.5, 0.6) is 0 Å². The first kappa shape index (κ1) is 7.73. The molecule has 11 heavy (non-hydrogen) atoms. The summed E-state index contributed by atoms with van der Waals surface area (Å²) < 4.78 is 0. The maximum atomic E-state index is 4.77. The zero-order valence-electron chi connectivity index (χ0n) is 5.95. The van der Waals surface area contributed by atoms with Gasteiger partial charge in [-0.25, -0.2) is 5.90 Å². The molecule has 0 spiro atoms. The summed E-state index contributed by atoms with van der Waals surface area (Å²) in [7, 11) is 0. The average Bonchev–Trinajstić information content (AvgIpc) is 2.07. The molecule has 3 heteroatoms. The highest BCUT2D eigenvalue weighted by Crippen LogP contribution is 1.90. The van der Waals surface area contributed by atoms with Crippen LogP contribution in [0.25, 0.3) is 0 Å². The summed E-state index contributed by atoms with van der Waals surface area (Å²) in [5.41, 5.74) is 0.865. The molecule has 56 valence electrons. The lowest BCUT2D eigenvalue weighted by Gasteiger charge is -1.85. The second-order valence-corrected chi connectivity index (χ2v) is 1.85. The van der Waals surface area contributed by atoms with Crippen molar-refractivity contribution in [2.75, 3.05) is 6.61 Å². The highest BCUT2D eigenvalue weighted by molar-refractivity contribution is 5.30. The van der Waals surface area contributed by atoms with Gasteiger partial charge in [-0.15, -0.1) is 0 Å². The molecule has 0 aliphatic heterocycles. The first-order chi connectivity index (χ1) is 5.43. The van der Waals surface area contributed by atoms with E-state index in [-0.39, 0.29) is 6.61 Å². The van der Waals surface area contributed by atoms with Crippen molar-refractivity contribution in [1.29, 1.82) is 0 Å². The Labute approximate surface area is 65.2 Å². The summed E-state index contributed by atoms with van der Waals surface area (Å²) in [6, 6.07) is 3.70. The number of hydrogen-bond donors (Lipinski definition) is 1. The van der Waals surface area contributed by atoms with E-state index in [0.717, 1.165) is 5.56 Å². The largest absolute Gasteiger partial charge is 0.292 e. The normalized spacial score (nSPS) is 8.45. The zero-order chi connectivity index (χ0) is 7.94. The molecule has 0 aliphatic carbocycles. The quantitative estimate of drug-likeness (QED) is 0.461. The molecule has 0 saturated heterocycles. The van der Waals surface area contributed by atoms with Crippen molar-refractivity contribution in [2.45, 2.75) is 0 Å². The van der Waals surface area contributed by atoms with E-state index in [1.807, 2.05) is 12.1 Å². The summed E-state index contributed by atoms with van der Waals surface area (Å²) in [4.78, 5) is 8.16. The van der Waals surface area contributed by atoms with Crippen molar-refractivity contribution in [2.24, 2.45) is 5.90 Å². The summed E-state index contributed by atoms with van der Waals surface area (Å²) in [5, 5.41) is 0. The summed E-state index contributed by atoms with van der Waals surface area (Å²) in [5.74, 6) is 10.3. The predicted molar refractivity (Wildman–Crippen MR) is 41.3 cm³/mol. The first-order valence-corrected chi connectivity index (χ1v) is 3.14. The molecule has 3 nitrogen and oxygen atoms in total. The SMILES string of the molecule is NOCC#Cc1cccnc1. The molecule has 0 atom stereocenters. The lowest BCUT2D eigenvalue weighted by Crippen LogP contribution is -1.97. The molecular weight excluding hydrogens is 140 g/mol. The van der Waals surface area contributed by atoms with Crippen molar-refractivity contribution in [3.63, 3.8) is 0 Å². The standard InChI is InChI=1S/C8H8N2O/c9-11-6-2-4-8-3-1-5-10-7-8/h1,3,5,7H,6,9H2. The highest BCUT2D eigenvalue weighted by Gasteiger charge is 1.80.